The van der Waals surface area contributed by atoms with Gasteiger partial charge in [0.1, 0.15) is 13.2 Å². The van der Waals surface area contributed by atoms with Gasteiger partial charge in [0.2, 0.25) is 0 Å². The van der Waals surface area contributed by atoms with Gasteiger partial charge in [0.15, 0.2) is 0 Å². The first-order valence-electron chi connectivity index (χ1n) is 6.56. The van der Waals surface area contributed by atoms with E-state index in [-0.39, 0.29) is 11.9 Å². The van der Waals surface area contributed by atoms with E-state index in [9.17, 15) is 4.79 Å². The highest BCUT2D eigenvalue weighted by molar-refractivity contribution is 5.71. The summed E-state index contributed by atoms with van der Waals surface area (Å²) in [4.78, 5) is 11.5. The van der Waals surface area contributed by atoms with E-state index < -0.39 is 0 Å². The monoisotopic (exact) mass is 230 g/mol. The van der Waals surface area contributed by atoms with Crippen LogP contribution < -0.4 is 0 Å². The van der Waals surface area contributed by atoms with Gasteiger partial charge in [0.05, 0.1) is 25.6 Å². The van der Waals surface area contributed by atoms with Crippen LogP contribution in [-0.2, 0) is 9.53 Å². The lowest BCUT2D eigenvalue weighted by atomic mass is 10.1. The van der Waals surface area contributed by atoms with Gasteiger partial charge < -0.3 is 9.22 Å². The summed E-state index contributed by atoms with van der Waals surface area (Å²) in [6.45, 7) is 15.3. The van der Waals surface area contributed by atoms with Crippen LogP contribution in [0.5, 0.6) is 0 Å². The highest BCUT2D eigenvalue weighted by atomic mass is 16.5. The average molecular weight is 230 g/mol. The number of hydrogen-bond donors (Lipinski definition) is 0. The first-order valence-corrected chi connectivity index (χ1v) is 6.56. The second-order valence-corrected chi connectivity index (χ2v) is 4.49. The molecule has 0 aliphatic rings. The third kappa shape index (κ3) is 4.52. The molecule has 0 N–H and O–H groups in total. The normalized spacial score (nSPS) is 13.6. The molecule has 96 valence electrons. The molecule has 0 amide bonds. The Morgan fingerprint density at radius 3 is 2.00 bits per heavy atom. The third-order valence-electron chi connectivity index (χ3n) is 3.84. The quantitative estimate of drug-likeness (QED) is 0.473. The van der Waals surface area contributed by atoms with Crippen molar-refractivity contribution in [1.29, 1.82) is 0 Å². The van der Waals surface area contributed by atoms with Gasteiger partial charge in [-0.1, -0.05) is 13.8 Å². The van der Waals surface area contributed by atoms with Gasteiger partial charge in [-0.3, -0.25) is 4.79 Å². The summed E-state index contributed by atoms with van der Waals surface area (Å²) in [6.07, 6.45) is 0.855. The number of carbonyl (C=O) groups is 1. The molecule has 0 aliphatic heterocycles. The summed E-state index contributed by atoms with van der Waals surface area (Å²) in [7, 11) is 0. The largest absolute Gasteiger partial charge is 0.459 e. The van der Waals surface area contributed by atoms with E-state index in [1.54, 1.807) is 0 Å². The summed E-state index contributed by atoms with van der Waals surface area (Å²) >= 11 is 0. The van der Waals surface area contributed by atoms with E-state index in [0.717, 1.165) is 37.1 Å². The van der Waals surface area contributed by atoms with Crippen LogP contribution in [0.4, 0.5) is 0 Å². The van der Waals surface area contributed by atoms with Crippen molar-refractivity contribution in [3.05, 3.63) is 0 Å². The zero-order valence-electron chi connectivity index (χ0n) is 11.6. The Kier molecular flexibility index (Phi) is 7.39. The highest BCUT2D eigenvalue weighted by Crippen LogP contribution is 2.07. The van der Waals surface area contributed by atoms with Crippen molar-refractivity contribution in [1.82, 2.24) is 0 Å². The summed E-state index contributed by atoms with van der Waals surface area (Å²) in [5, 5.41) is 0. The number of hydrogen-bond acceptors (Lipinski definition) is 2. The molecule has 16 heavy (non-hydrogen) atoms. The van der Waals surface area contributed by atoms with Gasteiger partial charge in [-0.15, -0.1) is 0 Å². The number of rotatable bonds is 8. The first-order chi connectivity index (χ1) is 7.55. The molecule has 1 atom stereocenters. The van der Waals surface area contributed by atoms with E-state index in [4.69, 9.17) is 4.74 Å². The van der Waals surface area contributed by atoms with Gasteiger partial charge in [-0.2, -0.15) is 0 Å². The smallest absolute Gasteiger partial charge is 0.308 e. The maximum Gasteiger partial charge on any atom is 0.308 e. The molecule has 0 bridgehead atoms. The minimum atomic E-state index is -0.0519. The molecule has 0 heterocycles. The number of likely N-dealkylation sites (N-methyl/N-ethyl adjacent to an activating group) is 1. The van der Waals surface area contributed by atoms with Crippen LogP contribution >= 0.6 is 0 Å². The average Bonchev–Trinajstić information content (AvgIpc) is 2.34. The van der Waals surface area contributed by atoms with Crippen molar-refractivity contribution in [2.24, 2.45) is 5.92 Å². The molecule has 0 spiro atoms. The van der Waals surface area contributed by atoms with E-state index in [1.807, 2.05) is 13.8 Å². The molecule has 3 nitrogen and oxygen atoms in total. The maximum absolute atomic E-state index is 11.5. The Labute approximate surface area is 100 Å². The van der Waals surface area contributed by atoms with Crippen molar-refractivity contribution in [3.63, 3.8) is 0 Å². The van der Waals surface area contributed by atoms with E-state index in [1.165, 1.54) is 0 Å². The standard InChI is InChI=1S/C13H28NO2/c1-6-12(5)13(15)16-11-10-14(7-2,8-3)9-4/h12H,6-11H2,1-5H3/q+1. The Morgan fingerprint density at radius 1 is 1.12 bits per heavy atom. The van der Waals surface area contributed by atoms with Crippen LogP contribution in [0.15, 0.2) is 0 Å². The summed E-state index contributed by atoms with van der Waals surface area (Å²) in [5.41, 5.74) is 0. The molecule has 0 aromatic carbocycles. The molecule has 0 rings (SSSR count). The van der Waals surface area contributed by atoms with Crippen molar-refractivity contribution in [2.45, 2.75) is 41.0 Å². The summed E-state index contributed by atoms with van der Waals surface area (Å²) < 4.78 is 6.34. The number of carbonyl (C=O) groups excluding carboxylic acids is 1. The minimum absolute atomic E-state index is 0.0341. The van der Waals surface area contributed by atoms with Gasteiger partial charge in [0.25, 0.3) is 0 Å². The minimum Gasteiger partial charge on any atom is -0.459 e. The van der Waals surface area contributed by atoms with Crippen LogP contribution in [0.1, 0.15) is 41.0 Å². The molecule has 0 aliphatic carbocycles. The van der Waals surface area contributed by atoms with Crippen molar-refractivity contribution in [3.8, 4) is 0 Å². The number of ether oxygens (including phenoxy) is 1. The second kappa shape index (κ2) is 7.66. The van der Waals surface area contributed by atoms with Gasteiger partial charge >= 0.3 is 5.97 Å². The lowest BCUT2D eigenvalue weighted by Crippen LogP contribution is -2.49. The molecule has 3 heteroatoms. The third-order valence-corrected chi connectivity index (χ3v) is 3.84. The van der Waals surface area contributed by atoms with Crippen LogP contribution in [0, 0.1) is 5.92 Å². The molecular weight excluding hydrogens is 202 g/mol. The van der Waals surface area contributed by atoms with E-state index in [0.29, 0.717) is 6.61 Å². The lowest BCUT2D eigenvalue weighted by Gasteiger charge is -2.35. The van der Waals surface area contributed by atoms with Crippen LogP contribution in [0.25, 0.3) is 0 Å². The Hall–Kier alpha value is -0.570. The molecule has 0 fully saturated rings. The Balaban J connectivity index is 4.00. The summed E-state index contributed by atoms with van der Waals surface area (Å²) in [6, 6.07) is 0. The predicted octanol–water partition coefficient (Wildman–Crippen LogP) is 2.45. The van der Waals surface area contributed by atoms with Crippen molar-refractivity contribution >= 4 is 5.97 Å². The predicted molar refractivity (Wildman–Crippen MR) is 67.2 cm³/mol. The van der Waals surface area contributed by atoms with Crippen LogP contribution in [-0.4, -0.2) is 43.2 Å². The SMILES string of the molecule is CCC(C)C(=O)OCC[N+](CC)(CC)CC. The Morgan fingerprint density at radius 2 is 1.62 bits per heavy atom. The van der Waals surface area contributed by atoms with Gasteiger partial charge in [0, 0.05) is 0 Å². The van der Waals surface area contributed by atoms with Crippen molar-refractivity contribution in [2.75, 3.05) is 32.8 Å². The molecule has 0 saturated carbocycles. The van der Waals surface area contributed by atoms with Crippen molar-refractivity contribution < 1.29 is 14.0 Å². The zero-order valence-corrected chi connectivity index (χ0v) is 11.6. The first kappa shape index (κ1) is 15.4. The van der Waals surface area contributed by atoms with E-state index in [2.05, 4.69) is 20.8 Å². The van der Waals surface area contributed by atoms with Crippen LogP contribution in [0.3, 0.4) is 0 Å². The fourth-order valence-corrected chi connectivity index (χ4v) is 1.79. The fraction of sp³-hybridized carbons (Fsp3) is 0.923. The molecule has 0 saturated heterocycles. The molecule has 0 radical (unpaired) electrons. The van der Waals surface area contributed by atoms with Gasteiger partial charge in [-0.25, -0.2) is 0 Å². The second-order valence-electron chi connectivity index (χ2n) is 4.49. The number of nitrogens with zero attached hydrogens (tertiary/aromatic N) is 1. The fourth-order valence-electron chi connectivity index (χ4n) is 1.79. The molecule has 0 aromatic heterocycles. The summed E-state index contributed by atoms with van der Waals surface area (Å²) in [5.74, 6) is -0.0179. The number of esters is 1. The maximum atomic E-state index is 11.5. The molecular formula is C13H28NO2+. The highest BCUT2D eigenvalue weighted by Gasteiger charge is 2.21. The van der Waals surface area contributed by atoms with Crippen LogP contribution in [0.2, 0.25) is 0 Å². The number of quaternary nitrogens is 1. The molecule has 1 unspecified atom stereocenters. The lowest BCUT2D eigenvalue weighted by molar-refractivity contribution is -0.923. The van der Waals surface area contributed by atoms with Gasteiger partial charge in [-0.05, 0) is 27.2 Å². The topological polar surface area (TPSA) is 26.3 Å². The zero-order chi connectivity index (χ0) is 12.6. The van der Waals surface area contributed by atoms with E-state index >= 15 is 0 Å². The Bertz CT molecular complexity index is 192. The molecule has 0 aromatic rings.